The number of hydrogen-bond donors (Lipinski definition) is 2. The maximum atomic E-state index is 13.5. The van der Waals surface area contributed by atoms with Gasteiger partial charge in [0.25, 0.3) is 5.91 Å². The smallest absolute Gasteiger partial charge is 0.423 e. The maximum absolute atomic E-state index is 13.5. The summed E-state index contributed by atoms with van der Waals surface area (Å²) in [5.74, 6) is -0.922. The van der Waals surface area contributed by atoms with Gasteiger partial charge in [0.1, 0.15) is 5.82 Å². The van der Waals surface area contributed by atoms with E-state index in [1.807, 2.05) is 0 Å². The number of hydrogen-bond acceptors (Lipinski definition) is 3. The predicted molar refractivity (Wildman–Crippen MR) is 75.2 cm³/mol. The number of benzene rings is 1. The molecule has 0 heterocycles. The Labute approximate surface area is 118 Å². The normalized spacial score (nSPS) is 16.0. The first-order valence-corrected chi connectivity index (χ1v) is 6.93. The summed E-state index contributed by atoms with van der Waals surface area (Å²) in [7, 11) is -0.0598. The van der Waals surface area contributed by atoms with E-state index in [4.69, 9.17) is 10.0 Å². The van der Waals surface area contributed by atoms with Gasteiger partial charge in [-0.3, -0.25) is 4.79 Å². The predicted octanol–water partition coefficient (Wildman–Crippen LogP) is 0.910. The van der Waals surface area contributed by atoms with Crippen molar-refractivity contribution in [2.75, 3.05) is 7.05 Å². The number of halogens is 1. The molecule has 0 aliphatic heterocycles. The highest BCUT2D eigenvalue weighted by atomic mass is 19.1. The van der Waals surface area contributed by atoms with Crippen LogP contribution in [-0.4, -0.2) is 41.1 Å². The Kier molecular flexibility index (Phi) is 4.78. The molecule has 0 saturated heterocycles. The minimum absolute atomic E-state index is 0.00889. The molecular formula is C14H19BFNO3. The minimum atomic E-state index is -1.78. The van der Waals surface area contributed by atoms with Crippen LogP contribution in [0.3, 0.4) is 0 Å². The zero-order valence-electron chi connectivity index (χ0n) is 11.6. The first-order chi connectivity index (χ1) is 9.49. The van der Waals surface area contributed by atoms with Crippen molar-refractivity contribution in [2.45, 2.75) is 38.1 Å². The van der Waals surface area contributed by atoms with E-state index in [2.05, 4.69) is 0 Å². The Morgan fingerprint density at radius 3 is 2.50 bits per heavy atom. The third kappa shape index (κ3) is 3.38. The zero-order valence-corrected chi connectivity index (χ0v) is 11.6. The van der Waals surface area contributed by atoms with Crippen molar-refractivity contribution < 1.29 is 19.2 Å². The van der Waals surface area contributed by atoms with Crippen LogP contribution in [0.25, 0.3) is 0 Å². The molecule has 108 valence electrons. The molecule has 0 radical (unpaired) electrons. The Balaban J connectivity index is 2.19. The second kappa shape index (κ2) is 6.37. The molecule has 4 nitrogen and oxygen atoms in total. The molecule has 6 heteroatoms. The van der Waals surface area contributed by atoms with Crippen LogP contribution in [0.2, 0.25) is 0 Å². The van der Waals surface area contributed by atoms with Gasteiger partial charge in [-0.1, -0.05) is 19.3 Å². The fourth-order valence-corrected chi connectivity index (χ4v) is 2.72. The second-order valence-electron chi connectivity index (χ2n) is 5.35. The SMILES string of the molecule is CN(C(=O)c1cc(F)cc(B(O)O)c1)C1CCCCC1. The minimum Gasteiger partial charge on any atom is -0.423 e. The molecular weight excluding hydrogens is 260 g/mol. The van der Waals surface area contributed by atoms with Crippen molar-refractivity contribution in [3.05, 3.63) is 29.6 Å². The molecule has 20 heavy (non-hydrogen) atoms. The van der Waals surface area contributed by atoms with Gasteiger partial charge in [0.15, 0.2) is 0 Å². The number of rotatable bonds is 3. The molecule has 1 saturated carbocycles. The topological polar surface area (TPSA) is 60.8 Å². The highest BCUT2D eigenvalue weighted by Crippen LogP contribution is 2.22. The molecule has 1 amide bonds. The molecule has 1 aliphatic carbocycles. The van der Waals surface area contributed by atoms with Crippen molar-refractivity contribution in [1.82, 2.24) is 4.90 Å². The monoisotopic (exact) mass is 279 g/mol. The average Bonchev–Trinajstić information content (AvgIpc) is 2.46. The van der Waals surface area contributed by atoms with Crippen LogP contribution in [0.15, 0.2) is 18.2 Å². The molecule has 1 aromatic carbocycles. The number of carbonyl (C=O) groups is 1. The highest BCUT2D eigenvalue weighted by molar-refractivity contribution is 6.58. The van der Waals surface area contributed by atoms with Gasteiger partial charge in [0.05, 0.1) is 0 Å². The summed E-state index contributed by atoms with van der Waals surface area (Å²) < 4.78 is 13.5. The highest BCUT2D eigenvalue weighted by Gasteiger charge is 2.24. The Hall–Kier alpha value is -1.40. The van der Waals surface area contributed by atoms with E-state index in [9.17, 15) is 9.18 Å². The van der Waals surface area contributed by atoms with E-state index in [1.54, 1.807) is 11.9 Å². The summed E-state index contributed by atoms with van der Waals surface area (Å²) in [5.41, 5.74) is 0.145. The van der Waals surface area contributed by atoms with Gasteiger partial charge < -0.3 is 14.9 Å². The largest absolute Gasteiger partial charge is 0.488 e. The fraction of sp³-hybridized carbons (Fsp3) is 0.500. The van der Waals surface area contributed by atoms with Gasteiger partial charge in [-0.25, -0.2) is 4.39 Å². The summed E-state index contributed by atoms with van der Waals surface area (Å²) in [4.78, 5) is 14.0. The summed E-state index contributed by atoms with van der Waals surface area (Å²) in [6.07, 6.45) is 5.33. The lowest BCUT2D eigenvalue weighted by molar-refractivity contribution is 0.0696. The van der Waals surface area contributed by atoms with E-state index in [0.29, 0.717) is 0 Å². The van der Waals surface area contributed by atoms with Crippen molar-refractivity contribution in [3.8, 4) is 0 Å². The molecule has 2 N–H and O–H groups in total. The van der Waals surface area contributed by atoms with Gasteiger partial charge >= 0.3 is 7.12 Å². The summed E-state index contributed by atoms with van der Waals surface area (Å²) in [6, 6.07) is 3.66. The number of amides is 1. The van der Waals surface area contributed by atoms with Crippen LogP contribution in [0, 0.1) is 5.82 Å². The molecule has 1 fully saturated rings. The number of nitrogens with zero attached hydrogens (tertiary/aromatic N) is 1. The molecule has 0 unspecified atom stereocenters. The summed E-state index contributed by atoms with van der Waals surface area (Å²) in [6.45, 7) is 0. The third-order valence-corrected chi connectivity index (χ3v) is 3.91. The summed E-state index contributed by atoms with van der Waals surface area (Å²) >= 11 is 0. The van der Waals surface area contributed by atoms with Crippen LogP contribution in [0.1, 0.15) is 42.5 Å². The van der Waals surface area contributed by atoms with E-state index in [1.165, 1.54) is 12.5 Å². The van der Waals surface area contributed by atoms with E-state index >= 15 is 0 Å². The Morgan fingerprint density at radius 2 is 1.90 bits per heavy atom. The molecule has 1 aliphatic rings. The van der Waals surface area contributed by atoms with Crippen LogP contribution in [-0.2, 0) is 0 Å². The fourth-order valence-electron chi connectivity index (χ4n) is 2.72. The molecule has 0 aromatic heterocycles. The first kappa shape index (κ1) is 15.0. The lowest BCUT2D eigenvalue weighted by atomic mass is 9.79. The van der Waals surface area contributed by atoms with Gasteiger partial charge in [0.2, 0.25) is 0 Å². The molecule has 0 spiro atoms. The Morgan fingerprint density at radius 1 is 1.25 bits per heavy atom. The molecule has 0 bridgehead atoms. The molecule has 0 atom stereocenters. The second-order valence-corrected chi connectivity index (χ2v) is 5.35. The standard InChI is InChI=1S/C14H19BFNO3/c1-17(13-5-3-2-4-6-13)14(18)10-7-11(15(19)20)9-12(16)8-10/h7-9,13,19-20H,2-6H2,1H3. The van der Waals surface area contributed by atoms with Crippen LogP contribution < -0.4 is 5.46 Å². The summed E-state index contributed by atoms with van der Waals surface area (Å²) in [5, 5.41) is 18.2. The van der Waals surface area contributed by atoms with Gasteiger partial charge in [0, 0.05) is 18.7 Å². The van der Waals surface area contributed by atoms with E-state index in [-0.39, 0.29) is 23.0 Å². The number of carbonyl (C=O) groups excluding carboxylic acids is 1. The van der Waals surface area contributed by atoms with Crippen LogP contribution in [0.4, 0.5) is 4.39 Å². The van der Waals surface area contributed by atoms with Gasteiger partial charge in [-0.05, 0) is 36.5 Å². The van der Waals surface area contributed by atoms with Crippen LogP contribution >= 0.6 is 0 Å². The first-order valence-electron chi connectivity index (χ1n) is 6.93. The molecule has 2 rings (SSSR count). The molecule has 1 aromatic rings. The third-order valence-electron chi connectivity index (χ3n) is 3.91. The van der Waals surface area contributed by atoms with E-state index in [0.717, 1.165) is 37.8 Å². The van der Waals surface area contributed by atoms with Gasteiger partial charge in [-0.2, -0.15) is 0 Å². The zero-order chi connectivity index (χ0) is 14.7. The lowest BCUT2D eigenvalue weighted by Gasteiger charge is -2.31. The Bertz CT molecular complexity index is 489. The van der Waals surface area contributed by atoms with Crippen molar-refractivity contribution in [3.63, 3.8) is 0 Å². The quantitative estimate of drug-likeness (QED) is 0.808. The van der Waals surface area contributed by atoms with Crippen LogP contribution in [0.5, 0.6) is 0 Å². The lowest BCUT2D eigenvalue weighted by Crippen LogP contribution is -2.39. The van der Waals surface area contributed by atoms with E-state index < -0.39 is 12.9 Å². The van der Waals surface area contributed by atoms with Gasteiger partial charge in [-0.15, -0.1) is 0 Å². The van der Waals surface area contributed by atoms with Crippen molar-refractivity contribution >= 4 is 18.5 Å². The van der Waals surface area contributed by atoms with Crippen molar-refractivity contribution in [1.29, 1.82) is 0 Å². The maximum Gasteiger partial charge on any atom is 0.488 e. The van der Waals surface area contributed by atoms with Crippen molar-refractivity contribution in [2.24, 2.45) is 0 Å². The average molecular weight is 279 g/mol.